The van der Waals surface area contributed by atoms with Crippen LogP contribution in [0.25, 0.3) is 0 Å². The highest BCUT2D eigenvalue weighted by atomic mass is 16.4. The summed E-state index contributed by atoms with van der Waals surface area (Å²) in [6.45, 7) is 0. The molecule has 1 amide bonds. The number of amides is 1. The van der Waals surface area contributed by atoms with E-state index < -0.39 is 23.7 Å². The van der Waals surface area contributed by atoms with E-state index in [0.717, 1.165) is 5.56 Å². The average molecular weight is 325 g/mol. The summed E-state index contributed by atoms with van der Waals surface area (Å²) < 4.78 is 0. The molecule has 6 nitrogen and oxygen atoms in total. The van der Waals surface area contributed by atoms with Gasteiger partial charge in [0.15, 0.2) is 6.29 Å². The van der Waals surface area contributed by atoms with Gasteiger partial charge in [-0.05, 0) is 17.7 Å². The number of aromatic carboxylic acids is 1. The zero-order chi connectivity index (χ0) is 17.5. The number of benzene rings is 2. The Kier molecular flexibility index (Phi) is 5.57. The molecular formula is C18H15NO5. The number of rotatable bonds is 7. The lowest BCUT2D eigenvalue weighted by molar-refractivity contribution is -0.131. The third-order valence-electron chi connectivity index (χ3n) is 3.45. The first-order valence-corrected chi connectivity index (χ1v) is 7.19. The second-order valence-electron chi connectivity index (χ2n) is 5.09. The number of carboxylic acid groups (broad SMARTS) is 1. The van der Waals surface area contributed by atoms with Crippen LogP contribution in [0.1, 0.15) is 26.3 Å². The quantitative estimate of drug-likeness (QED) is 0.593. The van der Waals surface area contributed by atoms with Gasteiger partial charge in [-0.2, -0.15) is 0 Å². The maximum absolute atomic E-state index is 12.3. The molecule has 0 aliphatic heterocycles. The zero-order valence-corrected chi connectivity index (χ0v) is 12.6. The number of hydrogen-bond acceptors (Lipinski definition) is 4. The number of ketones is 1. The SMILES string of the molecule is O=CC(=O)[C@H](Cc1ccccc1)NC(=O)c1ccccc1C(=O)O. The van der Waals surface area contributed by atoms with Crippen LogP contribution in [0, 0.1) is 0 Å². The second kappa shape index (κ2) is 7.82. The van der Waals surface area contributed by atoms with Crippen molar-refractivity contribution < 1.29 is 24.3 Å². The summed E-state index contributed by atoms with van der Waals surface area (Å²) in [4.78, 5) is 46.2. The Morgan fingerprint density at radius 3 is 2.12 bits per heavy atom. The number of carbonyl (C=O) groups is 4. The molecule has 0 aliphatic carbocycles. The summed E-state index contributed by atoms with van der Waals surface area (Å²) in [6, 6.07) is 13.5. The lowest BCUT2D eigenvalue weighted by atomic mass is 10.0. The molecule has 2 aromatic rings. The van der Waals surface area contributed by atoms with Crippen molar-refractivity contribution in [3.05, 3.63) is 71.3 Å². The fourth-order valence-electron chi connectivity index (χ4n) is 2.26. The largest absolute Gasteiger partial charge is 0.478 e. The van der Waals surface area contributed by atoms with Gasteiger partial charge in [-0.15, -0.1) is 0 Å². The first-order valence-electron chi connectivity index (χ1n) is 7.19. The van der Waals surface area contributed by atoms with E-state index in [1.54, 1.807) is 24.3 Å². The summed E-state index contributed by atoms with van der Waals surface area (Å²) in [7, 11) is 0. The van der Waals surface area contributed by atoms with Gasteiger partial charge >= 0.3 is 5.97 Å². The predicted molar refractivity (Wildman–Crippen MR) is 85.9 cm³/mol. The number of hydrogen-bond donors (Lipinski definition) is 2. The minimum absolute atomic E-state index is 0.0678. The molecule has 122 valence electrons. The summed E-state index contributed by atoms with van der Waals surface area (Å²) in [5.41, 5.74) is 0.526. The minimum Gasteiger partial charge on any atom is -0.478 e. The number of aldehydes is 1. The van der Waals surface area contributed by atoms with Crippen molar-refractivity contribution in [1.29, 1.82) is 0 Å². The number of carbonyl (C=O) groups excluding carboxylic acids is 3. The van der Waals surface area contributed by atoms with E-state index in [9.17, 15) is 19.2 Å². The van der Waals surface area contributed by atoms with E-state index >= 15 is 0 Å². The van der Waals surface area contributed by atoms with Crippen LogP contribution in [0.15, 0.2) is 54.6 Å². The van der Waals surface area contributed by atoms with E-state index in [0.29, 0.717) is 0 Å². The lowest BCUT2D eigenvalue weighted by Gasteiger charge is -2.16. The van der Waals surface area contributed by atoms with E-state index in [1.807, 2.05) is 6.07 Å². The molecule has 0 aliphatic rings. The minimum atomic E-state index is -1.25. The molecule has 1 atom stereocenters. The van der Waals surface area contributed by atoms with Crippen LogP contribution in [-0.2, 0) is 16.0 Å². The van der Waals surface area contributed by atoms with Crippen LogP contribution in [0.3, 0.4) is 0 Å². The molecule has 0 fully saturated rings. The first-order chi connectivity index (χ1) is 11.5. The van der Waals surface area contributed by atoms with E-state index in [2.05, 4.69) is 5.32 Å². The van der Waals surface area contributed by atoms with Crippen LogP contribution >= 0.6 is 0 Å². The highest BCUT2D eigenvalue weighted by Gasteiger charge is 2.23. The standard InChI is InChI=1S/C18H15NO5/c20-11-16(21)15(10-12-6-2-1-3-7-12)19-17(22)13-8-4-5-9-14(13)18(23)24/h1-9,11,15H,10H2,(H,19,22)(H,23,24)/t15-/m0/s1. The third-order valence-corrected chi connectivity index (χ3v) is 3.45. The fourth-order valence-corrected chi connectivity index (χ4v) is 2.26. The normalized spacial score (nSPS) is 11.3. The van der Waals surface area contributed by atoms with Crippen LogP contribution in [0.4, 0.5) is 0 Å². The fraction of sp³-hybridized carbons (Fsp3) is 0.111. The monoisotopic (exact) mass is 325 g/mol. The molecule has 0 radical (unpaired) electrons. The van der Waals surface area contributed by atoms with Crippen LogP contribution in [0.5, 0.6) is 0 Å². The molecule has 2 rings (SSSR count). The number of Topliss-reactive ketones (excluding diaryl/α,β-unsaturated/α-hetero) is 1. The van der Waals surface area contributed by atoms with Crippen LogP contribution in [0.2, 0.25) is 0 Å². The predicted octanol–water partition coefficient (Wildman–Crippen LogP) is 1.49. The van der Waals surface area contributed by atoms with Crippen LogP contribution < -0.4 is 5.32 Å². The van der Waals surface area contributed by atoms with Gasteiger partial charge in [-0.25, -0.2) is 4.79 Å². The van der Waals surface area contributed by atoms with E-state index in [1.165, 1.54) is 24.3 Å². The summed E-state index contributed by atoms with van der Waals surface area (Å²) in [5.74, 6) is -2.74. The van der Waals surface area contributed by atoms with Crippen molar-refractivity contribution in [2.75, 3.05) is 0 Å². The van der Waals surface area contributed by atoms with E-state index in [-0.39, 0.29) is 23.8 Å². The molecule has 6 heteroatoms. The molecular weight excluding hydrogens is 310 g/mol. The van der Waals surface area contributed by atoms with Gasteiger partial charge in [0.25, 0.3) is 5.91 Å². The second-order valence-corrected chi connectivity index (χ2v) is 5.09. The van der Waals surface area contributed by atoms with Gasteiger partial charge in [0, 0.05) is 6.42 Å². The Morgan fingerprint density at radius 2 is 1.54 bits per heavy atom. The third kappa shape index (κ3) is 4.13. The molecule has 0 saturated heterocycles. The number of carboxylic acids is 1. The topological polar surface area (TPSA) is 101 Å². The Bertz CT molecular complexity index is 770. The van der Waals surface area contributed by atoms with Crippen molar-refractivity contribution in [1.82, 2.24) is 5.32 Å². The average Bonchev–Trinajstić information content (AvgIpc) is 2.61. The summed E-state index contributed by atoms with van der Waals surface area (Å²) in [5, 5.41) is 11.6. The smallest absolute Gasteiger partial charge is 0.336 e. The Balaban J connectivity index is 2.23. The highest BCUT2D eigenvalue weighted by Crippen LogP contribution is 2.10. The molecule has 0 bridgehead atoms. The van der Waals surface area contributed by atoms with Crippen molar-refractivity contribution in [2.24, 2.45) is 0 Å². The Labute approximate surface area is 138 Å². The van der Waals surface area contributed by atoms with Crippen molar-refractivity contribution in [3.63, 3.8) is 0 Å². The molecule has 0 aromatic heterocycles. The van der Waals surface area contributed by atoms with Gasteiger partial charge in [0.2, 0.25) is 5.78 Å². The molecule has 2 aromatic carbocycles. The summed E-state index contributed by atoms with van der Waals surface area (Å²) >= 11 is 0. The molecule has 0 saturated carbocycles. The summed E-state index contributed by atoms with van der Waals surface area (Å²) in [6.07, 6.45) is 0.288. The van der Waals surface area contributed by atoms with Gasteiger partial charge < -0.3 is 10.4 Å². The lowest BCUT2D eigenvalue weighted by Crippen LogP contribution is -2.43. The number of nitrogens with one attached hydrogen (secondary N) is 1. The van der Waals surface area contributed by atoms with Crippen LogP contribution in [-0.4, -0.2) is 35.1 Å². The van der Waals surface area contributed by atoms with Gasteiger partial charge in [-0.1, -0.05) is 42.5 Å². The molecule has 0 unspecified atom stereocenters. The molecule has 2 N–H and O–H groups in total. The highest BCUT2D eigenvalue weighted by molar-refractivity contribution is 6.28. The van der Waals surface area contributed by atoms with Gasteiger partial charge in [0.1, 0.15) is 0 Å². The van der Waals surface area contributed by atoms with Gasteiger partial charge in [0.05, 0.1) is 17.2 Å². The molecule has 0 heterocycles. The van der Waals surface area contributed by atoms with Crippen molar-refractivity contribution in [2.45, 2.75) is 12.5 Å². The maximum Gasteiger partial charge on any atom is 0.336 e. The van der Waals surface area contributed by atoms with E-state index in [4.69, 9.17) is 5.11 Å². The molecule has 24 heavy (non-hydrogen) atoms. The van der Waals surface area contributed by atoms with Gasteiger partial charge in [-0.3, -0.25) is 14.4 Å². The maximum atomic E-state index is 12.3. The molecule has 0 spiro atoms. The first kappa shape index (κ1) is 17.1. The Hall–Kier alpha value is -3.28. The van der Waals surface area contributed by atoms with Crippen molar-refractivity contribution in [3.8, 4) is 0 Å². The van der Waals surface area contributed by atoms with Crippen molar-refractivity contribution >= 4 is 23.9 Å². The zero-order valence-electron chi connectivity index (χ0n) is 12.6. The Morgan fingerprint density at radius 1 is 0.958 bits per heavy atom.